The molecule has 424 valence electrons. The number of phenols is 1. The standard InChI is InChI=1S/C61H72N12O7S/c1-36(2)56(61(78)73-33-44(74)28-51(73)60(77)64-37(3)41-9-11-42(12-10-41)57-38(4)63-35-81-57)53-30-54(68-80-53)71-23-21-70(22-24-71)31-39-14-18-69(19-15-39)32-40-25-45(26-40)79-55-27-43(13-17-62-55)72-20-16-46-48-29-50(47-7-5-6-8-52(47)75)66-67-58(48)65-59(76)49(46)34-72/h5-13,17,27,29-30,35-37,39-40,44-45,51,56,74-75H,14-16,18-26,28,31-34H2,1-4H3,(H,64,77)(H,65,67,76)/t37-,40-,44+,45-,51-,56?/m0/s1. The molecule has 2 aromatic carbocycles. The number of piperidine rings is 1. The Balaban J connectivity index is 0.571. The number of nitrogens with zero attached hydrogens (tertiary/aromatic N) is 10. The van der Waals surface area contributed by atoms with E-state index in [2.05, 4.69) is 55.2 Å². The average Bonchev–Trinajstić information content (AvgIpc) is 4.29. The number of aliphatic hydroxyl groups excluding tert-OH is 1. The Kier molecular flexibility index (Phi) is 15.6. The van der Waals surface area contributed by atoms with Gasteiger partial charge in [0.15, 0.2) is 17.2 Å². The number of amides is 2. The maximum Gasteiger partial charge on any atom is 0.254 e. The first-order chi connectivity index (χ1) is 39.3. The lowest BCUT2D eigenvalue weighted by molar-refractivity contribution is -0.141. The molecule has 4 atom stereocenters. The van der Waals surface area contributed by atoms with Gasteiger partial charge >= 0.3 is 0 Å². The second-order valence-electron chi connectivity index (χ2n) is 23.4. The van der Waals surface area contributed by atoms with Gasteiger partial charge in [-0.25, -0.2) is 9.97 Å². The number of phenolic OH excluding ortho intramolecular Hbond substituents is 1. The van der Waals surface area contributed by atoms with Crippen LogP contribution in [0.1, 0.15) is 93.0 Å². The summed E-state index contributed by atoms with van der Waals surface area (Å²) in [6, 6.07) is 21.8. The molecule has 12 rings (SSSR count). The second kappa shape index (κ2) is 23.3. The summed E-state index contributed by atoms with van der Waals surface area (Å²) in [4.78, 5) is 65.7. The number of hydrogen-bond acceptors (Lipinski definition) is 17. The first-order valence-corrected chi connectivity index (χ1v) is 29.7. The summed E-state index contributed by atoms with van der Waals surface area (Å²) in [5, 5.41) is 38.3. The van der Waals surface area contributed by atoms with Crippen LogP contribution in [0, 0.1) is 24.7 Å². The van der Waals surface area contributed by atoms with Gasteiger partial charge in [0, 0.05) is 106 Å². The average molecular weight is 1120 g/mol. The van der Waals surface area contributed by atoms with E-state index in [4.69, 9.17) is 9.26 Å². The van der Waals surface area contributed by atoms with Gasteiger partial charge in [0.2, 0.25) is 17.7 Å². The van der Waals surface area contributed by atoms with E-state index < -0.39 is 18.1 Å². The number of rotatable bonds is 16. The first kappa shape index (κ1) is 54.3. The third-order valence-electron chi connectivity index (χ3n) is 17.5. The molecular formula is C61H72N12O7S. The Morgan fingerprint density at radius 1 is 0.864 bits per heavy atom. The van der Waals surface area contributed by atoms with Crippen LogP contribution in [0.5, 0.6) is 11.6 Å². The summed E-state index contributed by atoms with van der Waals surface area (Å²) in [6.45, 7) is 17.0. The molecular weight excluding hydrogens is 1040 g/mol. The van der Waals surface area contributed by atoms with Crippen LogP contribution < -0.4 is 25.4 Å². The molecule has 5 aromatic heterocycles. The number of β-amino-alcohol motifs (C(OH)–C–C–N with tert-alkyl or cyclic N) is 1. The van der Waals surface area contributed by atoms with Crippen molar-refractivity contribution in [3.8, 4) is 33.3 Å². The normalized spacial score (nSPS) is 21.7. The quantitative estimate of drug-likeness (QED) is 0.0743. The van der Waals surface area contributed by atoms with E-state index in [1.54, 1.807) is 29.7 Å². The zero-order chi connectivity index (χ0) is 55.9. The molecule has 4 fully saturated rings. The minimum Gasteiger partial charge on any atom is -0.507 e. The molecule has 4 aliphatic heterocycles. The highest BCUT2D eigenvalue weighted by Crippen LogP contribution is 2.37. The number of nitrogens with one attached hydrogen (secondary N) is 2. The Morgan fingerprint density at radius 2 is 1.63 bits per heavy atom. The first-order valence-electron chi connectivity index (χ1n) is 28.8. The fraction of sp³-hybridized carbons (Fsp3) is 0.475. The van der Waals surface area contributed by atoms with Crippen molar-refractivity contribution in [2.24, 2.45) is 17.8 Å². The van der Waals surface area contributed by atoms with Crippen molar-refractivity contribution in [1.29, 1.82) is 0 Å². The number of aryl methyl sites for hydroxylation is 1. The van der Waals surface area contributed by atoms with E-state index in [-0.39, 0.29) is 54.2 Å². The minimum atomic E-state index is -0.805. The molecule has 3 saturated heterocycles. The number of aromatic hydroxyl groups is 1. The predicted octanol–water partition coefficient (Wildman–Crippen LogP) is 7.34. The van der Waals surface area contributed by atoms with E-state index in [0.717, 1.165) is 109 Å². The maximum atomic E-state index is 14.4. The summed E-state index contributed by atoms with van der Waals surface area (Å²) >= 11 is 1.60. The molecule has 0 radical (unpaired) electrons. The topological polar surface area (TPSA) is 223 Å². The van der Waals surface area contributed by atoms with Crippen molar-refractivity contribution in [2.45, 2.75) is 103 Å². The van der Waals surface area contributed by atoms with Crippen LogP contribution in [0.25, 0.3) is 32.7 Å². The number of para-hydroxylation sites is 1. The van der Waals surface area contributed by atoms with Crippen molar-refractivity contribution in [1.82, 2.24) is 50.3 Å². The van der Waals surface area contributed by atoms with Crippen LogP contribution in [0.3, 0.4) is 0 Å². The maximum absolute atomic E-state index is 14.4. The second-order valence-corrected chi connectivity index (χ2v) is 24.2. The summed E-state index contributed by atoms with van der Waals surface area (Å²) in [5.41, 5.74) is 8.91. The van der Waals surface area contributed by atoms with Gasteiger partial charge in [0.05, 0.1) is 33.9 Å². The van der Waals surface area contributed by atoms with E-state index in [1.807, 2.05) is 93.9 Å². The van der Waals surface area contributed by atoms with Crippen LogP contribution in [0.2, 0.25) is 0 Å². The monoisotopic (exact) mass is 1120 g/mol. The fourth-order valence-electron chi connectivity index (χ4n) is 12.9. The number of pyridine rings is 2. The number of fused-ring (bicyclic) bond motifs is 3. The summed E-state index contributed by atoms with van der Waals surface area (Å²) in [6.07, 6.45) is 6.34. The highest BCUT2D eigenvalue weighted by Gasteiger charge is 2.44. The van der Waals surface area contributed by atoms with Gasteiger partial charge < -0.3 is 49.4 Å². The number of aromatic nitrogens is 6. The number of benzene rings is 2. The van der Waals surface area contributed by atoms with Crippen LogP contribution in [0.15, 0.2) is 93.8 Å². The van der Waals surface area contributed by atoms with Gasteiger partial charge in [-0.3, -0.25) is 19.3 Å². The molecule has 1 unspecified atom stereocenters. The van der Waals surface area contributed by atoms with Gasteiger partial charge in [0.25, 0.3) is 5.56 Å². The Bertz CT molecular complexity index is 3440. The lowest BCUT2D eigenvalue weighted by Crippen LogP contribution is -2.49. The van der Waals surface area contributed by atoms with Crippen molar-refractivity contribution < 1.29 is 29.1 Å². The lowest BCUT2D eigenvalue weighted by atomic mass is 9.81. The number of carbonyl (C=O) groups excluding carboxylic acids is 2. The molecule has 2 amide bonds. The number of carbonyl (C=O) groups is 2. The van der Waals surface area contributed by atoms with Gasteiger partial charge in [0.1, 0.15) is 23.8 Å². The molecule has 5 aliphatic rings. The lowest BCUT2D eigenvalue weighted by Gasteiger charge is -2.42. The number of piperazine rings is 1. The third kappa shape index (κ3) is 11.7. The minimum absolute atomic E-state index is 0.0816. The predicted molar refractivity (Wildman–Crippen MR) is 310 cm³/mol. The largest absolute Gasteiger partial charge is 0.507 e. The fourth-order valence-corrected chi connectivity index (χ4v) is 13.7. The van der Waals surface area contributed by atoms with Crippen LogP contribution >= 0.6 is 11.3 Å². The van der Waals surface area contributed by atoms with Gasteiger partial charge in [-0.15, -0.1) is 21.5 Å². The van der Waals surface area contributed by atoms with Crippen molar-refractivity contribution in [3.63, 3.8) is 0 Å². The molecule has 19 nitrogen and oxygen atoms in total. The number of anilines is 2. The number of ether oxygens (including phenoxy) is 1. The molecule has 20 heteroatoms. The van der Waals surface area contributed by atoms with E-state index in [1.165, 1.54) is 17.7 Å². The van der Waals surface area contributed by atoms with Crippen LogP contribution in [-0.2, 0) is 22.6 Å². The Morgan fingerprint density at radius 3 is 2.38 bits per heavy atom. The Hall–Kier alpha value is -7.26. The van der Waals surface area contributed by atoms with Crippen molar-refractivity contribution >= 4 is 45.7 Å². The summed E-state index contributed by atoms with van der Waals surface area (Å²) in [5.74, 6) is 1.89. The van der Waals surface area contributed by atoms with E-state index in [0.29, 0.717) is 65.5 Å². The zero-order valence-corrected chi connectivity index (χ0v) is 47.4. The third-order valence-corrected chi connectivity index (χ3v) is 18.5. The number of aliphatic hydroxyl groups is 1. The molecule has 81 heavy (non-hydrogen) atoms. The molecule has 9 heterocycles. The highest BCUT2D eigenvalue weighted by molar-refractivity contribution is 7.13. The molecule has 1 saturated carbocycles. The van der Waals surface area contributed by atoms with Crippen molar-refractivity contribution in [3.05, 3.63) is 123 Å². The summed E-state index contributed by atoms with van der Waals surface area (Å²) < 4.78 is 12.4. The number of thiazole rings is 1. The number of aromatic amines is 1. The molecule has 0 bridgehead atoms. The van der Waals surface area contributed by atoms with Gasteiger partial charge in [-0.2, -0.15) is 0 Å². The van der Waals surface area contributed by atoms with Crippen LogP contribution in [-0.4, -0.2) is 151 Å². The number of H-pyrrole nitrogens is 1. The highest BCUT2D eigenvalue weighted by atomic mass is 32.1. The summed E-state index contributed by atoms with van der Waals surface area (Å²) in [7, 11) is 0. The van der Waals surface area contributed by atoms with Crippen molar-refractivity contribution in [2.75, 3.05) is 75.2 Å². The van der Waals surface area contributed by atoms with Gasteiger partial charge in [-0.1, -0.05) is 55.4 Å². The van der Waals surface area contributed by atoms with Crippen LogP contribution in [0.4, 0.5) is 11.5 Å². The molecule has 4 N–H and O–H groups in total. The van der Waals surface area contributed by atoms with Gasteiger partial charge in [-0.05, 0) is 118 Å². The number of likely N-dealkylation sites (tertiary alicyclic amines) is 2. The van der Waals surface area contributed by atoms with E-state index in [9.17, 15) is 24.6 Å². The zero-order valence-electron chi connectivity index (χ0n) is 46.5. The molecule has 0 spiro atoms. The van der Waals surface area contributed by atoms with E-state index >= 15 is 0 Å². The number of hydrogen-bond donors (Lipinski definition) is 4. The SMILES string of the molecule is Cc1ncsc1-c1ccc([C@H](C)NC(=O)[C@@H]2C[C@@H](O)CN2C(=O)C(c2cc(N3CCN(CC4CCN(C[C@H]5C[C@H](Oc6cc(N7CCc8c(c(=O)[nH]c9nnc(-c%10ccccc%10O)cc89)C7)ccn6)C5)CC4)CC3)no2)C(C)C)cc1. The smallest absolute Gasteiger partial charge is 0.254 e. The molecule has 7 aromatic rings. The molecule has 1 aliphatic carbocycles. The Labute approximate surface area is 475 Å².